The quantitative estimate of drug-likeness (QED) is 0.926. The molecule has 0 radical (unpaired) electrons. The number of nitrogens with zero attached hydrogens (tertiary/aromatic N) is 1. The fourth-order valence-corrected chi connectivity index (χ4v) is 4.25. The number of amides is 1. The molecule has 0 aromatic heterocycles. The van der Waals surface area contributed by atoms with Crippen LogP contribution in [0.4, 0.5) is 0 Å². The van der Waals surface area contributed by atoms with Gasteiger partial charge in [0.1, 0.15) is 0 Å². The minimum absolute atomic E-state index is 0.0456. The van der Waals surface area contributed by atoms with Crippen molar-refractivity contribution in [2.75, 3.05) is 13.1 Å². The Bertz CT molecular complexity index is 552. The lowest BCUT2D eigenvalue weighted by molar-refractivity contribution is -0.135. The molecule has 2 aliphatic rings. The molecular weight excluding hydrogens is 296 g/mol. The van der Waals surface area contributed by atoms with Gasteiger partial charge in [-0.2, -0.15) is 0 Å². The topological polar surface area (TPSA) is 46.3 Å². The number of nitrogens with two attached hydrogens (primary N) is 1. The Morgan fingerprint density at radius 3 is 2.77 bits per heavy atom. The summed E-state index contributed by atoms with van der Waals surface area (Å²) in [5.41, 5.74) is 8.47. The highest BCUT2D eigenvalue weighted by atomic mass is 35.5. The van der Waals surface area contributed by atoms with Crippen LogP contribution in [-0.4, -0.2) is 23.9 Å². The van der Waals surface area contributed by atoms with E-state index in [-0.39, 0.29) is 11.3 Å². The molecule has 0 spiro atoms. The van der Waals surface area contributed by atoms with Crippen molar-refractivity contribution in [3.63, 3.8) is 0 Å². The van der Waals surface area contributed by atoms with Gasteiger partial charge in [-0.25, -0.2) is 0 Å². The summed E-state index contributed by atoms with van der Waals surface area (Å²) in [4.78, 5) is 14.8. The first-order valence-corrected chi connectivity index (χ1v) is 8.75. The van der Waals surface area contributed by atoms with E-state index >= 15 is 0 Å². The predicted molar refractivity (Wildman–Crippen MR) is 89.8 cm³/mol. The maximum absolute atomic E-state index is 12.8. The van der Waals surface area contributed by atoms with Crippen LogP contribution in [0.25, 0.3) is 0 Å². The normalized spacial score (nSPS) is 20.5. The van der Waals surface area contributed by atoms with Crippen LogP contribution in [0.1, 0.15) is 49.7 Å². The standard InChI is InChI=1S/C18H25ClN2O/c19-16-6-4-5-14-12-21(10-7-15(14)16)17(22)11-18(13-20)8-2-1-3-9-18/h4-6H,1-3,7-13,20H2. The second kappa shape index (κ2) is 6.59. The zero-order chi connectivity index (χ0) is 15.6. The largest absolute Gasteiger partial charge is 0.338 e. The van der Waals surface area contributed by atoms with E-state index in [4.69, 9.17) is 17.3 Å². The molecule has 1 heterocycles. The average molecular weight is 321 g/mol. The lowest BCUT2D eigenvalue weighted by atomic mass is 9.71. The molecule has 1 aromatic rings. The summed E-state index contributed by atoms with van der Waals surface area (Å²) in [6.45, 7) is 2.10. The van der Waals surface area contributed by atoms with Crippen molar-refractivity contribution in [1.82, 2.24) is 4.90 Å². The van der Waals surface area contributed by atoms with E-state index in [2.05, 4.69) is 6.07 Å². The molecule has 3 rings (SSSR count). The summed E-state index contributed by atoms with van der Waals surface area (Å²) in [5, 5.41) is 0.829. The third kappa shape index (κ3) is 3.16. The Kier molecular flexibility index (Phi) is 4.74. The molecule has 120 valence electrons. The van der Waals surface area contributed by atoms with E-state index in [0.29, 0.717) is 19.5 Å². The third-order valence-electron chi connectivity index (χ3n) is 5.43. The predicted octanol–water partition coefficient (Wildman–Crippen LogP) is 3.52. The molecule has 1 fully saturated rings. The summed E-state index contributed by atoms with van der Waals surface area (Å²) >= 11 is 6.25. The molecule has 1 aliphatic heterocycles. The number of halogens is 1. The zero-order valence-electron chi connectivity index (χ0n) is 13.1. The van der Waals surface area contributed by atoms with Crippen molar-refractivity contribution in [2.24, 2.45) is 11.1 Å². The van der Waals surface area contributed by atoms with Crippen molar-refractivity contribution in [3.05, 3.63) is 34.3 Å². The number of carbonyl (C=O) groups excluding carboxylic acids is 1. The van der Waals surface area contributed by atoms with Crippen LogP contribution in [0, 0.1) is 5.41 Å². The third-order valence-corrected chi connectivity index (χ3v) is 5.79. The van der Waals surface area contributed by atoms with Crippen LogP contribution in [0.3, 0.4) is 0 Å². The number of hydrogen-bond acceptors (Lipinski definition) is 2. The zero-order valence-corrected chi connectivity index (χ0v) is 13.9. The molecule has 22 heavy (non-hydrogen) atoms. The molecular formula is C18H25ClN2O. The fourth-order valence-electron chi connectivity index (χ4n) is 3.96. The van der Waals surface area contributed by atoms with Gasteiger partial charge >= 0.3 is 0 Å². The van der Waals surface area contributed by atoms with Gasteiger partial charge in [0.2, 0.25) is 5.91 Å². The van der Waals surface area contributed by atoms with Gasteiger partial charge in [0.05, 0.1) is 0 Å². The van der Waals surface area contributed by atoms with Gasteiger partial charge in [0.25, 0.3) is 0 Å². The first-order valence-electron chi connectivity index (χ1n) is 8.38. The number of fused-ring (bicyclic) bond motifs is 1. The second-order valence-electron chi connectivity index (χ2n) is 6.88. The lowest BCUT2D eigenvalue weighted by Crippen LogP contribution is -2.42. The van der Waals surface area contributed by atoms with Gasteiger partial charge in [-0.15, -0.1) is 0 Å². The number of hydrogen-bond donors (Lipinski definition) is 1. The maximum Gasteiger partial charge on any atom is 0.223 e. The van der Waals surface area contributed by atoms with Crippen LogP contribution in [0.5, 0.6) is 0 Å². The SMILES string of the molecule is NCC1(CC(=O)N2CCc3c(Cl)cccc3C2)CCCCC1. The van der Waals surface area contributed by atoms with Gasteiger partial charge < -0.3 is 10.6 Å². The van der Waals surface area contributed by atoms with Crippen LogP contribution >= 0.6 is 11.6 Å². The van der Waals surface area contributed by atoms with Crippen molar-refractivity contribution in [3.8, 4) is 0 Å². The smallest absolute Gasteiger partial charge is 0.223 e. The summed E-state index contributed by atoms with van der Waals surface area (Å²) in [5.74, 6) is 0.262. The molecule has 1 aromatic carbocycles. The summed E-state index contributed by atoms with van der Waals surface area (Å²) in [7, 11) is 0. The molecule has 1 saturated carbocycles. The second-order valence-corrected chi connectivity index (χ2v) is 7.29. The fraction of sp³-hybridized carbons (Fsp3) is 0.611. The van der Waals surface area contributed by atoms with E-state index in [1.807, 2.05) is 17.0 Å². The van der Waals surface area contributed by atoms with Crippen molar-refractivity contribution in [1.29, 1.82) is 0 Å². The minimum Gasteiger partial charge on any atom is -0.338 e. The Morgan fingerprint density at radius 2 is 2.05 bits per heavy atom. The highest BCUT2D eigenvalue weighted by Crippen LogP contribution is 2.39. The molecule has 1 amide bonds. The van der Waals surface area contributed by atoms with Crippen molar-refractivity contribution in [2.45, 2.75) is 51.5 Å². The molecule has 0 atom stereocenters. The molecule has 1 aliphatic carbocycles. The first-order chi connectivity index (χ1) is 10.6. The van der Waals surface area contributed by atoms with Crippen molar-refractivity contribution < 1.29 is 4.79 Å². The van der Waals surface area contributed by atoms with Gasteiger partial charge in [-0.05, 0) is 48.4 Å². The van der Waals surface area contributed by atoms with E-state index in [0.717, 1.165) is 30.8 Å². The molecule has 0 unspecified atom stereocenters. The molecule has 4 heteroatoms. The van der Waals surface area contributed by atoms with Crippen LogP contribution in [0.2, 0.25) is 5.02 Å². The number of carbonyl (C=O) groups is 1. The Balaban J connectivity index is 1.68. The summed E-state index contributed by atoms with van der Waals surface area (Å²) in [6, 6.07) is 5.99. The Morgan fingerprint density at radius 1 is 1.27 bits per heavy atom. The lowest BCUT2D eigenvalue weighted by Gasteiger charge is -2.38. The Labute approximate surface area is 137 Å². The highest BCUT2D eigenvalue weighted by Gasteiger charge is 2.35. The molecule has 3 nitrogen and oxygen atoms in total. The van der Waals surface area contributed by atoms with Gasteiger partial charge in [-0.3, -0.25) is 4.79 Å². The van der Waals surface area contributed by atoms with Gasteiger partial charge in [0.15, 0.2) is 0 Å². The molecule has 0 saturated heterocycles. The number of rotatable bonds is 3. The van der Waals surface area contributed by atoms with Crippen LogP contribution in [-0.2, 0) is 17.8 Å². The summed E-state index contributed by atoms with van der Waals surface area (Å²) in [6.07, 6.45) is 7.38. The minimum atomic E-state index is 0.0456. The van der Waals surface area contributed by atoms with E-state index in [9.17, 15) is 4.79 Å². The summed E-state index contributed by atoms with van der Waals surface area (Å²) < 4.78 is 0. The van der Waals surface area contributed by atoms with E-state index in [1.54, 1.807) is 0 Å². The average Bonchev–Trinajstić information content (AvgIpc) is 2.55. The highest BCUT2D eigenvalue weighted by molar-refractivity contribution is 6.31. The van der Waals surface area contributed by atoms with E-state index < -0.39 is 0 Å². The molecule has 0 bridgehead atoms. The van der Waals surface area contributed by atoms with Gasteiger partial charge in [0, 0.05) is 24.5 Å². The molecule has 2 N–H and O–H groups in total. The maximum atomic E-state index is 12.8. The van der Waals surface area contributed by atoms with Crippen LogP contribution in [0.15, 0.2) is 18.2 Å². The van der Waals surface area contributed by atoms with Crippen molar-refractivity contribution >= 4 is 17.5 Å². The van der Waals surface area contributed by atoms with Crippen LogP contribution < -0.4 is 5.73 Å². The monoisotopic (exact) mass is 320 g/mol. The van der Waals surface area contributed by atoms with Gasteiger partial charge in [-0.1, -0.05) is 43.0 Å². The first kappa shape index (κ1) is 15.8. The Hall–Kier alpha value is -1.06. The van der Waals surface area contributed by atoms with E-state index in [1.165, 1.54) is 30.4 Å². The number of benzene rings is 1.